The van der Waals surface area contributed by atoms with Crippen LogP contribution in [0.15, 0.2) is 54.6 Å². The minimum absolute atomic E-state index is 0.332. The molecule has 3 rings (SSSR count). The zero-order valence-electron chi connectivity index (χ0n) is 16.7. The number of carbonyl (C=O) groups excluding carboxylic acids is 1. The van der Waals surface area contributed by atoms with Gasteiger partial charge in [-0.05, 0) is 55.8 Å². The summed E-state index contributed by atoms with van der Waals surface area (Å²) in [5.74, 6) is 2.53. The number of carbonyl (C=O) groups is 1. The lowest BCUT2D eigenvalue weighted by atomic mass is 10.2. The molecule has 0 bridgehead atoms. The van der Waals surface area contributed by atoms with Crippen molar-refractivity contribution in [2.24, 2.45) is 0 Å². The van der Waals surface area contributed by atoms with E-state index in [1.54, 1.807) is 26.2 Å². The van der Waals surface area contributed by atoms with E-state index in [1.807, 2.05) is 49.4 Å². The van der Waals surface area contributed by atoms with Crippen LogP contribution in [-0.2, 0) is 11.3 Å². The van der Waals surface area contributed by atoms with E-state index in [0.717, 1.165) is 22.8 Å². The number of benzene rings is 2. The van der Waals surface area contributed by atoms with Gasteiger partial charge in [0.2, 0.25) is 0 Å². The highest BCUT2D eigenvalue weighted by molar-refractivity contribution is 5.89. The third kappa shape index (κ3) is 5.68. The lowest BCUT2D eigenvalue weighted by Gasteiger charge is -2.11. The van der Waals surface area contributed by atoms with Crippen LogP contribution in [0.25, 0.3) is 0 Å². The minimum Gasteiger partial charge on any atom is -0.497 e. The third-order valence-corrected chi connectivity index (χ3v) is 4.14. The van der Waals surface area contributed by atoms with E-state index in [4.69, 9.17) is 9.47 Å². The molecule has 0 saturated heterocycles. The summed E-state index contributed by atoms with van der Waals surface area (Å²) in [6.45, 7) is 4.61. The quantitative estimate of drug-likeness (QED) is 0.552. The van der Waals surface area contributed by atoms with Gasteiger partial charge in [-0.2, -0.15) is 0 Å². The van der Waals surface area contributed by atoms with Crippen molar-refractivity contribution in [3.8, 4) is 5.75 Å². The average molecular weight is 392 g/mol. The van der Waals surface area contributed by atoms with Gasteiger partial charge in [-0.1, -0.05) is 12.1 Å². The van der Waals surface area contributed by atoms with Crippen LogP contribution in [0.4, 0.5) is 17.3 Å². The normalized spacial score (nSPS) is 10.3. The number of esters is 1. The Labute approximate surface area is 170 Å². The number of rotatable bonds is 8. The Morgan fingerprint density at radius 3 is 2.34 bits per heavy atom. The van der Waals surface area contributed by atoms with Gasteiger partial charge in [0.05, 0.1) is 19.3 Å². The third-order valence-electron chi connectivity index (χ3n) is 4.14. The molecule has 0 unspecified atom stereocenters. The van der Waals surface area contributed by atoms with Crippen LogP contribution < -0.4 is 15.4 Å². The molecule has 0 fully saturated rings. The molecule has 0 saturated carbocycles. The molecule has 3 aromatic rings. The Bertz CT molecular complexity index is 957. The molecule has 0 aliphatic heterocycles. The SMILES string of the molecule is CCOC(=O)c1ccc(Nc2cc(NCc3ccc(OC)cc3)nc(C)n2)cc1. The fourth-order valence-electron chi connectivity index (χ4n) is 2.71. The number of anilines is 3. The van der Waals surface area contributed by atoms with Gasteiger partial charge in [0, 0.05) is 18.3 Å². The van der Waals surface area contributed by atoms with E-state index in [1.165, 1.54) is 0 Å². The van der Waals surface area contributed by atoms with Crippen molar-refractivity contribution in [2.75, 3.05) is 24.4 Å². The van der Waals surface area contributed by atoms with Crippen LogP contribution in [0, 0.1) is 6.92 Å². The van der Waals surface area contributed by atoms with Crippen molar-refractivity contribution in [3.05, 3.63) is 71.5 Å². The lowest BCUT2D eigenvalue weighted by Crippen LogP contribution is -2.06. The number of hydrogen-bond donors (Lipinski definition) is 2. The topological polar surface area (TPSA) is 85.4 Å². The smallest absolute Gasteiger partial charge is 0.338 e. The predicted octanol–water partition coefficient (Wildman–Crippen LogP) is 4.33. The number of ether oxygens (including phenoxy) is 2. The van der Waals surface area contributed by atoms with Gasteiger partial charge in [0.25, 0.3) is 0 Å². The molecule has 0 amide bonds. The molecule has 7 nitrogen and oxygen atoms in total. The summed E-state index contributed by atoms with van der Waals surface area (Å²) in [5.41, 5.74) is 2.45. The molecular weight excluding hydrogens is 368 g/mol. The van der Waals surface area contributed by atoms with Gasteiger partial charge in [-0.15, -0.1) is 0 Å². The highest BCUT2D eigenvalue weighted by Crippen LogP contribution is 2.19. The molecule has 0 radical (unpaired) electrons. The minimum atomic E-state index is -0.332. The van der Waals surface area contributed by atoms with Crippen molar-refractivity contribution in [2.45, 2.75) is 20.4 Å². The predicted molar refractivity (Wildman–Crippen MR) is 113 cm³/mol. The second kappa shape index (κ2) is 9.54. The van der Waals surface area contributed by atoms with Gasteiger partial charge in [-0.3, -0.25) is 0 Å². The summed E-state index contributed by atoms with van der Waals surface area (Å²) >= 11 is 0. The largest absolute Gasteiger partial charge is 0.497 e. The summed E-state index contributed by atoms with van der Waals surface area (Å²) in [6, 6.07) is 16.8. The zero-order valence-corrected chi connectivity index (χ0v) is 16.7. The molecule has 0 aliphatic carbocycles. The molecule has 0 aliphatic rings. The fourth-order valence-corrected chi connectivity index (χ4v) is 2.71. The monoisotopic (exact) mass is 392 g/mol. The van der Waals surface area contributed by atoms with E-state index in [-0.39, 0.29) is 5.97 Å². The maximum atomic E-state index is 11.7. The van der Waals surface area contributed by atoms with Gasteiger partial charge < -0.3 is 20.1 Å². The fraction of sp³-hybridized carbons (Fsp3) is 0.227. The van der Waals surface area contributed by atoms with Crippen LogP contribution in [0.5, 0.6) is 5.75 Å². The molecule has 0 spiro atoms. The van der Waals surface area contributed by atoms with E-state index in [2.05, 4.69) is 20.6 Å². The summed E-state index contributed by atoms with van der Waals surface area (Å²) in [7, 11) is 1.65. The number of methoxy groups -OCH3 is 1. The van der Waals surface area contributed by atoms with Crippen LogP contribution in [-0.4, -0.2) is 29.7 Å². The van der Waals surface area contributed by atoms with Gasteiger partial charge in [-0.25, -0.2) is 14.8 Å². The Hall–Kier alpha value is -3.61. The highest BCUT2D eigenvalue weighted by atomic mass is 16.5. The van der Waals surface area contributed by atoms with E-state index in [0.29, 0.717) is 30.4 Å². The van der Waals surface area contributed by atoms with Crippen molar-refractivity contribution >= 4 is 23.3 Å². The lowest BCUT2D eigenvalue weighted by molar-refractivity contribution is 0.0526. The maximum Gasteiger partial charge on any atom is 0.338 e. The Morgan fingerprint density at radius 1 is 1.00 bits per heavy atom. The van der Waals surface area contributed by atoms with Gasteiger partial charge in [0.15, 0.2) is 0 Å². The Balaban J connectivity index is 1.66. The second-order valence-corrected chi connectivity index (χ2v) is 6.31. The number of nitrogens with zero attached hydrogens (tertiary/aromatic N) is 2. The average Bonchev–Trinajstić information content (AvgIpc) is 2.73. The summed E-state index contributed by atoms with van der Waals surface area (Å²) < 4.78 is 10.2. The number of aryl methyl sites for hydroxylation is 1. The first kappa shape index (κ1) is 20.1. The van der Waals surface area contributed by atoms with Crippen LogP contribution >= 0.6 is 0 Å². The maximum absolute atomic E-state index is 11.7. The Kier molecular flexibility index (Phi) is 6.63. The first-order chi connectivity index (χ1) is 14.1. The molecule has 150 valence electrons. The number of nitrogens with one attached hydrogen (secondary N) is 2. The van der Waals surface area contributed by atoms with E-state index >= 15 is 0 Å². The molecule has 29 heavy (non-hydrogen) atoms. The van der Waals surface area contributed by atoms with Crippen molar-refractivity contribution in [3.63, 3.8) is 0 Å². The van der Waals surface area contributed by atoms with E-state index < -0.39 is 0 Å². The number of hydrogen-bond acceptors (Lipinski definition) is 7. The molecule has 2 aromatic carbocycles. The van der Waals surface area contributed by atoms with Crippen molar-refractivity contribution in [1.29, 1.82) is 0 Å². The summed E-state index contributed by atoms with van der Waals surface area (Å²) in [5, 5.41) is 6.55. The molecule has 0 atom stereocenters. The van der Waals surface area contributed by atoms with Crippen molar-refractivity contribution in [1.82, 2.24) is 9.97 Å². The molecule has 1 heterocycles. The number of aromatic nitrogens is 2. The molecule has 1 aromatic heterocycles. The molecular formula is C22H24N4O3. The van der Waals surface area contributed by atoms with Gasteiger partial charge >= 0.3 is 5.97 Å². The summed E-state index contributed by atoms with van der Waals surface area (Å²) in [6.07, 6.45) is 0. The second-order valence-electron chi connectivity index (χ2n) is 6.31. The standard InChI is InChI=1S/C22H24N4O3/c1-4-29-22(27)17-7-9-18(10-8-17)26-21-13-20(24-15(2)25-21)23-14-16-5-11-19(28-3)12-6-16/h5-13H,4,14H2,1-3H3,(H2,23,24,25,26). The highest BCUT2D eigenvalue weighted by Gasteiger charge is 2.07. The summed E-state index contributed by atoms with van der Waals surface area (Å²) in [4.78, 5) is 20.6. The zero-order chi connectivity index (χ0) is 20.6. The van der Waals surface area contributed by atoms with Crippen LogP contribution in [0.3, 0.4) is 0 Å². The molecule has 2 N–H and O–H groups in total. The Morgan fingerprint density at radius 2 is 1.69 bits per heavy atom. The van der Waals surface area contributed by atoms with Crippen LogP contribution in [0.2, 0.25) is 0 Å². The first-order valence-electron chi connectivity index (χ1n) is 9.34. The molecule has 7 heteroatoms. The van der Waals surface area contributed by atoms with Gasteiger partial charge in [0.1, 0.15) is 23.2 Å². The van der Waals surface area contributed by atoms with E-state index in [9.17, 15) is 4.79 Å². The van der Waals surface area contributed by atoms with Crippen LogP contribution in [0.1, 0.15) is 28.7 Å². The first-order valence-corrected chi connectivity index (χ1v) is 9.34. The van der Waals surface area contributed by atoms with Crippen molar-refractivity contribution < 1.29 is 14.3 Å².